The first kappa shape index (κ1) is 21.8. The van der Waals surface area contributed by atoms with Crippen molar-refractivity contribution in [3.05, 3.63) is 78.1 Å². The van der Waals surface area contributed by atoms with Crippen LogP contribution < -0.4 is 4.90 Å². The largest absolute Gasteiger partial charge is 0.507 e. The lowest BCUT2D eigenvalue weighted by Crippen LogP contribution is -2.49. The van der Waals surface area contributed by atoms with Gasteiger partial charge in [-0.25, -0.2) is 9.97 Å². The molecule has 1 aliphatic rings. The van der Waals surface area contributed by atoms with Crippen molar-refractivity contribution in [2.45, 2.75) is 19.8 Å². The van der Waals surface area contributed by atoms with Crippen LogP contribution in [0.4, 0.5) is 5.82 Å². The molecule has 0 aliphatic carbocycles. The van der Waals surface area contributed by atoms with Crippen molar-refractivity contribution in [2.75, 3.05) is 31.1 Å². The van der Waals surface area contributed by atoms with Crippen LogP contribution in [0.2, 0.25) is 0 Å². The van der Waals surface area contributed by atoms with E-state index in [9.17, 15) is 9.90 Å². The standard InChI is InChI=1S/C27H27N5O2/c1-19-9-11-21-23(18-19)29-26(22-7-2-3-8-24(22)33)30-27(21)32-16-14-31(15-17-32)25(34)12-10-20-6-4-5-13-28-20/h2-9,11,13,18,33H,10,12,14-17H2,1H3. The van der Waals surface area contributed by atoms with Gasteiger partial charge in [-0.1, -0.05) is 24.3 Å². The molecule has 1 aliphatic heterocycles. The highest BCUT2D eigenvalue weighted by atomic mass is 16.3. The summed E-state index contributed by atoms with van der Waals surface area (Å²) in [6.07, 6.45) is 2.87. The van der Waals surface area contributed by atoms with Gasteiger partial charge in [0.15, 0.2) is 5.82 Å². The number of phenols is 1. The number of piperazine rings is 1. The van der Waals surface area contributed by atoms with Crippen LogP contribution in [0.3, 0.4) is 0 Å². The van der Waals surface area contributed by atoms with E-state index in [4.69, 9.17) is 9.97 Å². The van der Waals surface area contributed by atoms with Gasteiger partial charge in [-0.05, 0) is 55.3 Å². The van der Waals surface area contributed by atoms with Crippen molar-refractivity contribution in [2.24, 2.45) is 0 Å². The van der Waals surface area contributed by atoms with E-state index < -0.39 is 0 Å². The van der Waals surface area contributed by atoms with Gasteiger partial charge >= 0.3 is 0 Å². The number of rotatable bonds is 5. The molecule has 4 aromatic rings. The zero-order valence-electron chi connectivity index (χ0n) is 19.2. The van der Waals surface area contributed by atoms with Crippen molar-refractivity contribution in [3.8, 4) is 17.1 Å². The molecule has 7 heteroatoms. The number of benzene rings is 2. The third kappa shape index (κ3) is 4.55. The van der Waals surface area contributed by atoms with Crippen molar-refractivity contribution in [1.82, 2.24) is 19.9 Å². The van der Waals surface area contributed by atoms with E-state index in [2.05, 4.69) is 22.0 Å². The van der Waals surface area contributed by atoms with E-state index in [1.807, 2.05) is 48.2 Å². The molecule has 0 bridgehead atoms. The molecule has 7 nitrogen and oxygen atoms in total. The predicted molar refractivity (Wildman–Crippen MR) is 133 cm³/mol. The van der Waals surface area contributed by atoms with Crippen LogP contribution >= 0.6 is 0 Å². The Morgan fingerprint density at radius 1 is 0.971 bits per heavy atom. The Morgan fingerprint density at radius 2 is 1.76 bits per heavy atom. The van der Waals surface area contributed by atoms with E-state index >= 15 is 0 Å². The molecule has 0 radical (unpaired) electrons. The maximum Gasteiger partial charge on any atom is 0.223 e. The molecule has 0 atom stereocenters. The highest BCUT2D eigenvalue weighted by molar-refractivity contribution is 5.92. The van der Waals surface area contributed by atoms with Gasteiger partial charge in [-0.2, -0.15) is 0 Å². The lowest BCUT2D eigenvalue weighted by molar-refractivity contribution is -0.131. The SMILES string of the molecule is Cc1ccc2c(N3CCN(C(=O)CCc4ccccn4)CC3)nc(-c3ccccc3O)nc2c1. The molecule has 172 valence electrons. The molecule has 34 heavy (non-hydrogen) atoms. The summed E-state index contributed by atoms with van der Waals surface area (Å²) in [7, 11) is 0. The third-order valence-electron chi connectivity index (χ3n) is 6.23. The molecule has 1 fully saturated rings. The van der Waals surface area contributed by atoms with E-state index in [-0.39, 0.29) is 11.7 Å². The van der Waals surface area contributed by atoms with E-state index in [0.29, 0.717) is 50.4 Å². The Labute approximate surface area is 198 Å². The molecule has 5 rings (SSSR count). The van der Waals surface area contributed by atoms with Crippen molar-refractivity contribution in [3.63, 3.8) is 0 Å². The monoisotopic (exact) mass is 453 g/mol. The minimum absolute atomic E-state index is 0.156. The highest BCUT2D eigenvalue weighted by Gasteiger charge is 2.24. The lowest BCUT2D eigenvalue weighted by Gasteiger charge is -2.36. The average Bonchev–Trinajstić information content (AvgIpc) is 2.87. The number of fused-ring (bicyclic) bond motifs is 1. The number of aryl methyl sites for hydroxylation is 2. The van der Waals surface area contributed by atoms with Crippen LogP contribution in [0.1, 0.15) is 17.7 Å². The summed E-state index contributed by atoms with van der Waals surface area (Å²) in [5, 5.41) is 11.4. The third-order valence-corrected chi connectivity index (χ3v) is 6.23. The summed E-state index contributed by atoms with van der Waals surface area (Å²) in [6.45, 7) is 4.70. The second-order valence-corrected chi connectivity index (χ2v) is 8.60. The van der Waals surface area contributed by atoms with Crippen LogP contribution in [-0.4, -0.2) is 57.0 Å². The minimum atomic E-state index is 0.156. The second-order valence-electron chi connectivity index (χ2n) is 8.60. The van der Waals surface area contributed by atoms with Gasteiger partial charge in [-0.15, -0.1) is 0 Å². The number of carbonyl (C=O) groups excluding carboxylic acids is 1. The quantitative estimate of drug-likeness (QED) is 0.492. The van der Waals surface area contributed by atoms with Gasteiger partial charge in [-0.3, -0.25) is 9.78 Å². The first-order chi connectivity index (χ1) is 16.6. The Hall–Kier alpha value is -4.00. The molecule has 0 unspecified atom stereocenters. The molecule has 1 N–H and O–H groups in total. The van der Waals surface area contributed by atoms with E-state index in [1.54, 1.807) is 18.3 Å². The van der Waals surface area contributed by atoms with Crippen LogP contribution in [0.5, 0.6) is 5.75 Å². The van der Waals surface area contributed by atoms with E-state index in [0.717, 1.165) is 28.0 Å². The molecule has 0 spiro atoms. The number of anilines is 1. The summed E-state index contributed by atoms with van der Waals surface area (Å²) in [5.41, 5.74) is 3.50. The van der Waals surface area contributed by atoms with Gasteiger partial charge in [0, 0.05) is 49.9 Å². The Bertz CT molecular complexity index is 1320. The summed E-state index contributed by atoms with van der Waals surface area (Å²) in [5.74, 6) is 1.65. The smallest absolute Gasteiger partial charge is 0.223 e. The zero-order valence-corrected chi connectivity index (χ0v) is 19.2. The van der Waals surface area contributed by atoms with Gasteiger partial charge in [0.1, 0.15) is 11.6 Å². The number of phenolic OH excluding ortho intramolecular Hbond substituents is 1. The average molecular weight is 454 g/mol. The van der Waals surface area contributed by atoms with Gasteiger partial charge < -0.3 is 14.9 Å². The van der Waals surface area contributed by atoms with Crippen molar-refractivity contribution < 1.29 is 9.90 Å². The topological polar surface area (TPSA) is 82.5 Å². The van der Waals surface area contributed by atoms with Gasteiger partial charge in [0.2, 0.25) is 5.91 Å². The lowest BCUT2D eigenvalue weighted by atomic mass is 10.1. The van der Waals surface area contributed by atoms with E-state index in [1.165, 1.54) is 0 Å². The Kier molecular flexibility index (Phi) is 6.08. The number of amides is 1. The maximum absolute atomic E-state index is 12.8. The zero-order chi connectivity index (χ0) is 23.5. The normalized spacial score (nSPS) is 13.9. The number of aromatic nitrogens is 3. The fourth-order valence-corrected chi connectivity index (χ4v) is 4.35. The Balaban J connectivity index is 1.36. The number of para-hydroxylation sites is 1. The number of carbonyl (C=O) groups is 1. The molecule has 1 saturated heterocycles. The number of aromatic hydroxyl groups is 1. The minimum Gasteiger partial charge on any atom is -0.507 e. The molecule has 2 aromatic carbocycles. The Morgan fingerprint density at radius 3 is 2.53 bits per heavy atom. The molecule has 3 heterocycles. The molecule has 0 saturated carbocycles. The fraction of sp³-hybridized carbons (Fsp3) is 0.259. The first-order valence-corrected chi connectivity index (χ1v) is 11.6. The summed E-state index contributed by atoms with van der Waals surface area (Å²) in [6, 6.07) is 19.1. The molecule has 1 amide bonds. The van der Waals surface area contributed by atoms with Gasteiger partial charge in [0.25, 0.3) is 0 Å². The second kappa shape index (κ2) is 9.47. The fourth-order valence-electron chi connectivity index (χ4n) is 4.35. The maximum atomic E-state index is 12.8. The molecule has 2 aromatic heterocycles. The number of hydrogen-bond donors (Lipinski definition) is 1. The first-order valence-electron chi connectivity index (χ1n) is 11.6. The molecular formula is C27H27N5O2. The van der Waals surface area contributed by atoms with Crippen molar-refractivity contribution >= 4 is 22.6 Å². The van der Waals surface area contributed by atoms with Crippen LogP contribution in [-0.2, 0) is 11.2 Å². The van der Waals surface area contributed by atoms with Gasteiger partial charge in [0.05, 0.1) is 11.1 Å². The number of hydrogen-bond acceptors (Lipinski definition) is 6. The number of nitrogens with zero attached hydrogens (tertiary/aromatic N) is 5. The summed E-state index contributed by atoms with van der Waals surface area (Å²) in [4.78, 5) is 30.8. The summed E-state index contributed by atoms with van der Waals surface area (Å²) >= 11 is 0. The van der Waals surface area contributed by atoms with Crippen LogP contribution in [0.15, 0.2) is 66.9 Å². The predicted octanol–water partition coefficient (Wildman–Crippen LogP) is 3.99. The number of pyridine rings is 1. The summed E-state index contributed by atoms with van der Waals surface area (Å²) < 4.78 is 0. The van der Waals surface area contributed by atoms with Crippen molar-refractivity contribution in [1.29, 1.82) is 0 Å². The van der Waals surface area contributed by atoms with Crippen LogP contribution in [0, 0.1) is 6.92 Å². The highest BCUT2D eigenvalue weighted by Crippen LogP contribution is 2.32. The molecular weight excluding hydrogens is 426 g/mol. The van der Waals surface area contributed by atoms with Crippen LogP contribution in [0.25, 0.3) is 22.3 Å².